The van der Waals surface area contributed by atoms with Gasteiger partial charge in [-0.15, -0.1) is 0 Å². The molecule has 1 aromatic carbocycles. The van der Waals surface area contributed by atoms with Crippen molar-refractivity contribution in [1.29, 1.82) is 0 Å². The van der Waals surface area contributed by atoms with Crippen LogP contribution in [0.3, 0.4) is 0 Å². The van der Waals surface area contributed by atoms with E-state index in [1.54, 1.807) is 12.3 Å². The van der Waals surface area contributed by atoms with Crippen LogP contribution < -0.4 is 10.2 Å². The van der Waals surface area contributed by atoms with Gasteiger partial charge in [-0.1, -0.05) is 17.7 Å². The fraction of sp³-hybridized carbons (Fsp3) is 0.333. The molecular formula is C18H22ClN3O. The van der Waals surface area contributed by atoms with Crippen molar-refractivity contribution in [2.24, 2.45) is 0 Å². The monoisotopic (exact) mass is 331 g/mol. The zero-order chi connectivity index (χ0) is 17.0. The van der Waals surface area contributed by atoms with E-state index >= 15 is 0 Å². The minimum absolute atomic E-state index is 0.259. The van der Waals surface area contributed by atoms with Gasteiger partial charge in [0.15, 0.2) is 0 Å². The summed E-state index contributed by atoms with van der Waals surface area (Å²) < 4.78 is 0. The molecule has 0 radical (unpaired) electrons. The summed E-state index contributed by atoms with van der Waals surface area (Å²) >= 11 is 6.23. The lowest BCUT2D eigenvalue weighted by Gasteiger charge is -2.20. The van der Waals surface area contributed by atoms with Gasteiger partial charge in [0.25, 0.3) is 5.91 Å². The van der Waals surface area contributed by atoms with Crippen LogP contribution in [0, 0.1) is 13.8 Å². The van der Waals surface area contributed by atoms with Crippen molar-refractivity contribution in [3.63, 3.8) is 0 Å². The molecule has 0 spiro atoms. The molecule has 23 heavy (non-hydrogen) atoms. The van der Waals surface area contributed by atoms with Crippen LogP contribution >= 0.6 is 11.6 Å². The van der Waals surface area contributed by atoms with E-state index in [0.29, 0.717) is 16.4 Å². The summed E-state index contributed by atoms with van der Waals surface area (Å²) in [4.78, 5) is 18.8. The number of hydrogen-bond donors (Lipinski definition) is 1. The number of carbonyl (C=O) groups is 1. The van der Waals surface area contributed by atoms with Crippen molar-refractivity contribution in [2.45, 2.75) is 27.7 Å². The van der Waals surface area contributed by atoms with E-state index < -0.39 is 0 Å². The second-order valence-electron chi connectivity index (χ2n) is 5.47. The lowest BCUT2D eigenvalue weighted by Crippen LogP contribution is -2.22. The van der Waals surface area contributed by atoms with Gasteiger partial charge in [-0.3, -0.25) is 4.79 Å². The Hall–Kier alpha value is -2.07. The molecule has 0 aliphatic rings. The molecule has 1 amide bonds. The summed E-state index contributed by atoms with van der Waals surface area (Å²) in [6.07, 6.45) is 1.73. The fourth-order valence-corrected chi connectivity index (χ4v) is 2.92. The van der Waals surface area contributed by atoms with Crippen LogP contribution in [0.1, 0.15) is 35.5 Å². The number of rotatable bonds is 5. The van der Waals surface area contributed by atoms with E-state index in [-0.39, 0.29) is 5.91 Å². The summed E-state index contributed by atoms with van der Waals surface area (Å²) in [6, 6.07) is 7.47. The Balaban J connectivity index is 2.19. The number of benzene rings is 1. The van der Waals surface area contributed by atoms with Gasteiger partial charge in [-0.05, 0) is 57.0 Å². The molecule has 0 fully saturated rings. The van der Waals surface area contributed by atoms with Gasteiger partial charge in [0.1, 0.15) is 5.69 Å². The molecule has 0 saturated carbocycles. The van der Waals surface area contributed by atoms with Gasteiger partial charge < -0.3 is 10.2 Å². The van der Waals surface area contributed by atoms with E-state index in [1.165, 1.54) is 0 Å². The number of carbonyl (C=O) groups excluding carboxylic acids is 1. The summed E-state index contributed by atoms with van der Waals surface area (Å²) in [5, 5.41) is 3.39. The van der Waals surface area contributed by atoms with Crippen molar-refractivity contribution in [1.82, 2.24) is 4.98 Å². The van der Waals surface area contributed by atoms with Gasteiger partial charge >= 0.3 is 0 Å². The Kier molecular flexibility index (Phi) is 5.61. The topological polar surface area (TPSA) is 45.2 Å². The Morgan fingerprint density at radius 2 is 1.91 bits per heavy atom. The molecule has 1 aromatic heterocycles. The molecule has 122 valence electrons. The Labute approximate surface area is 142 Å². The lowest BCUT2D eigenvalue weighted by atomic mass is 10.1. The zero-order valence-electron chi connectivity index (χ0n) is 14.0. The average molecular weight is 332 g/mol. The van der Waals surface area contributed by atoms with Gasteiger partial charge in [-0.2, -0.15) is 0 Å². The van der Waals surface area contributed by atoms with Crippen molar-refractivity contribution < 1.29 is 4.79 Å². The van der Waals surface area contributed by atoms with Crippen molar-refractivity contribution >= 4 is 28.9 Å². The maximum Gasteiger partial charge on any atom is 0.274 e. The number of nitrogens with zero attached hydrogens (tertiary/aromatic N) is 2. The third-order valence-corrected chi connectivity index (χ3v) is 4.08. The molecule has 0 aliphatic heterocycles. The van der Waals surface area contributed by atoms with Gasteiger partial charge in [0.2, 0.25) is 0 Å². The minimum Gasteiger partial charge on any atom is -0.371 e. The first kappa shape index (κ1) is 17.3. The molecule has 5 heteroatoms. The second kappa shape index (κ2) is 7.47. The standard InChI is InChI=1S/C18H22ClN3O/c1-5-22(6-2)14-7-8-16(20-11-14)18(23)21-17-13(4)9-12(3)10-15(17)19/h7-11H,5-6H2,1-4H3,(H,21,23). The number of amides is 1. The maximum absolute atomic E-state index is 12.4. The fourth-order valence-electron chi connectivity index (χ4n) is 2.55. The van der Waals surface area contributed by atoms with Crippen LogP contribution in [0.15, 0.2) is 30.5 Å². The second-order valence-corrected chi connectivity index (χ2v) is 5.87. The SMILES string of the molecule is CCN(CC)c1ccc(C(=O)Nc2c(C)cc(C)cc2Cl)nc1. The largest absolute Gasteiger partial charge is 0.371 e. The zero-order valence-corrected chi connectivity index (χ0v) is 14.7. The number of halogens is 1. The lowest BCUT2D eigenvalue weighted by molar-refractivity contribution is 0.102. The molecule has 1 heterocycles. The molecule has 1 N–H and O–H groups in total. The van der Waals surface area contributed by atoms with E-state index in [2.05, 4.69) is 29.0 Å². The molecule has 0 atom stereocenters. The Morgan fingerprint density at radius 3 is 2.43 bits per heavy atom. The number of aromatic nitrogens is 1. The van der Waals surface area contributed by atoms with Gasteiger partial charge in [0, 0.05) is 13.1 Å². The Morgan fingerprint density at radius 1 is 1.22 bits per heavy atom. The van der Waals surface area contributed by atoms with E-state index in [1.807, 2.05) is 32.0 Å². The Bertz CT molecular complexity index is 671. The molecule has 2 aromatic rings. The predicted octanol–water partition coefficient (Wildman–Crippen LogP) is 4.45. The van der Waals surface area contributed by atoms with Crippen molar-refractivity contribution in [2.75, 3.05) is 23.3 Å². The molecule has 0 bridgehead atoms. The molecule has 0 aliphatic carbocycles. The van der Waals surface area contributed by atoms with Crippen LogP contribution in [-0.2, 0) is 0 Å². The molecular weight excluding hydrogens is 310 g/mol. The quantitative estimate of drug-likeness (QED) is 0.880. The normalized spacial score (nSPS) is 10.5. The molecule has 0 unspecified atom stereocenters. The smallest absolute Gasteiger partial charge is 0.274 e. The maximum atomic E-state index is 12.4. The molecule has 0 saturated heterocycles. The predicted molar refractivity (Wildman–Crippen MR) is 96.7 cm³/mol. The van der Waals surface area contributed by atoms with E-state index in [9.17, 15) is 4.79 Å². The van der Waals surface area contributed by atoms with Crippen LogP contribution in [0.5, 0.6) is 0 Å². The highest BCUT2D eigenvalue weighted by molar-refractivity contribution is 6.34. The number of hydrogen-bond acceptors (Lipinski definition) is 3. The molecule has 2 rings (SSSR count). The van der Waals surface area contributed by atoms with Crippen LogP contribution in [0.4, 0.5) is 11.4 Å². The van der Waals surface area contributed by atoms with Gasteiger partial charge in [0.05, 0.1) is 22.6 Å². The third kappa shape index (κ3) is 4.02. The first-order valence-electron chi connectivity index (χ1n) is 7.75. The number of anilines is 2. The minimum atomic E-state index is -0.259. The first-order chi connectivity index (χ1) is 11.0. The van der Waals surface area contributed by atoms with Crippen LogP contribution in [0.2, 0.25) is 5.02 Å². The highest BCUT2D eigenvalue weighted by Crippen LogP contribution is 2.27. The number of pyridine rings is 1. The summed E-state index contributed by atoms with van der Waals surface area (Å²) in [5.41, 5.74) is 4.01. The number of aryl methyl sites for hydroxylation is 2. The molecule has 4 nitrogen and oxygen atoms in total. The third-order valence-electron chi connectivity index (χ3n) is 3.78. The van der Waals surface area contributed by atoms with E-state index in [4.69, 9.17) is 11.6 Å². The highest BCUT2D eigenvalue weighted by atomic mass is 35.5. The summed E-state index contributed by atoms with van der Waals surface area (Å²) in [7, 11) is 0. The summed E-state index contributed by atoms with van der Waals surface area (Å²) in [5.74, 6) is -0.259. The van der Waals surface area contributed by atoms with Crippen molar-refractivity contribution in [3.05, 3.63) is 52.3 Å². The van der Waals surface area contributed by atoms with Crippen molar-refractivity contribution in [3.8, 4) is 0 Å². The number of nitrogens with one attached hydrogen (secondary N) is 1. The van der Waals surface area contributed by atoms with Crippen LogP contribution in [-0.4, -0.2) is 24.0 Å². The highest BCUT2D eigenvalue weighted by Gasteiger charge is 2.13. The first-order valence-corrected chi connectivity index (χ1v) is 8.13. The van der Waals surface area contributed by atoms with Crippen LogP contribution in [0.25, 0.3) is 0 Å². The summed E-state index contributed by atoms with van der Waals surface area (Å²) in [6.45, 7) is 9.88. The average Bonchev–Trinajstić information content (AvgIpc) is 2.52. The van der Waals surface area contributed by atoms with Gasteiger partial charge in [-0.25, -0.2) is 4.98 Å². The van der Waals surface area contributed by atoms with E-state index in [0.717, 1.165) is 29.9 Å².